The lowest BCUT2D eigenvalue weighted by Crippen LogP contribution is -2.54. The molecular formula is C18H26N4O3. The Balaban J connectivity index is 1.38. The molecule has 1 aromatic carbocycles. The van der Waals surface area contributed by atoms with Gasteiger partial charge in [0.05, 0.1) is 13.0 Å². The van der Waals surface area contributed by atoms with Gasteiger partial charge in [-0.05, 0) is 25.5 Å². The van der Waals surface area contributed by atoms with Crippen LogP contribution in [-0.4, -0.2) is 66.5 Å². The summed E-state index contributed by atoms with van der Waals surface area (Å²) in [4.78, 5) is 28.4. The van der Waals surface area contributed by atoms with E-state index < -0.39 is 0 Å². The first kappa shape index (κ1) is 17.7. The summed E-state index contributed by atoms with van der Waals surface area (Å²) in [6.07, 6.45) is 1.16. The molecule has 7 nitrogen and oxygen atoms in total. The molecule has 2 fully saturated rings. The first-order chi connectivity index (χ1) is 12.1. The van der Waals surface area contributed by atoms with E-state index in [0.717, 1.165) is 12.2 Å². The number of benzene rings is 1. The number of hydrazine groups is 1. The first-order valence-corrected chi connectivity index (χ1v) is 8.89. The van der Waals surface area contributed by atoms with Gasteiger partial charge in [-0.2, -0.15) is 0 Å². The third-order valence-electron chi connectivity index (χ3n) is 4.66. The predicted molar refractivity (Wildman–Crippen MR) is 93.9 cm³/mol. The molecule has 0 radical (unpaired) electrons. The van der Waals surface area contributed by atoms with E-state index >= 15 is 0 Å². The van der Waals surface area contributed by atoms with Gasteiger partial charge < -0.3 is 14.5 Å². The van der Waals surface area contributed by atoms with Crippen LogP contribution < -0.4 is 15.6 Å². The Hall–Kier alpha value is -2.12. The van der Waals surface area contributed by atoms with Crippen molar-refractivity contribution < 1.29 is 14.3 Å². The van der Waals surface area contributed by atoms with Gasteiger partial charge in [0.1, 0.15) is 11.8 Å². The second-order valence-electron chi connectivity index (χ2n) is 6.60. The van der Waals surface area contributed by atoms with Crippen LogP contribution in [0.5, 0.6) is 5.75 Å². The monoisotopic (exact) mass is 346 g/mol. The van der Waals surface area contributed by atoms with Crippen molar-refractivity contribution in [3.63, 3.8) is 0 Å². The molecule has 2 N–H and O–H groups in total. The average molecular weight is 346 g/mol. The van der Waals surface area contributed by atoms with Crippen LogP contribution in [0.3, 0.4) is 0 Å². The Bertz CT molecular complexity index is 587. The summed E-state index contributed by atoms with van der Waals surface area (Å²) in [5, 5.41) is 0. The fourth-order valence-electron chi connectivity index (χ4n) is 3.20. The Morgan fingerprint density at radius 3 is 2.40 bits per heavy atom. The van der Waals surface area contributed by atoms with Crippen LogP contribution in [0.1, 0.15) is 19.8 Å². The lowest BCUT2D eigenvalue weighted by Gasteiger charge is -2.36. The van der Waals surface area contributed by atoms with E-state index in [2.05, 4.69) is 17.8 Å². The minimum absolute atomic E-state index is 0.0808. The number of ether oxygens (including phenoxy) is 1. The van der Waals surface area contributed by atoms with E-state index in [9.17, 15) is 9.59 Å². The third-order valence-corrected chi connectivity index (χ3v) is 4.66. The lowest BCUT2D eigenvalue weighted by molar-refractivity contribution is -0.140. The van der Waals surface area contributed by atoms with Gasteiger partial charge in [-0.25, -0.2) is 5.43 Å². The third kappa shape index (κ3) is 4.70. The zero-order chi connectivity index (χ0) is 17.6. The number of rotatable bonds is 5. The van der Waals surface area contributed by atoms with Crippen molar-refractivity contribution in [2.45, 2.75) is 31.8 Å². The highest BCUT2D eigenvalue weighted by Gasteiger charge is 2.32. The molecule has 2 heterocycles. The van der Waals surface area contributed by atoms with Gasteiger partial charge in [0.25, 0.3) is 0 Å². The second kappa shape index (κ2) is 8.31. The molecule has 25 heavy (non-hydrogen) atoms. The van der Waals surface area contributed by atoms with Gasteiger partial charge in [0, 0.05) is 32.2 Å². The second-order valence-corrected chi connectivity index (χ2v) is 6.60. The number of nitrogens with zero attached hydrogens (tertiary/aromatic N) is 2. The first-order valence-electron chi connectivity index (χ1n) is 8.89. The van der Waals surface area contributed by atoms with E-state index in [1.54, 1.807) is 0 Å². The van der Waals surface area contributed by atoms with Gasteiger partial charge in [-0.1, -0.05) is 18.2 Å². The van der Waals surface area contributed by atoms with Gasteiger partial charge in [-0.15, -0.1) is 0 Å². The molecule has 2 aliphatic heterocycles. The zero-order valence-corrected chi connectivity index (χ0v) is 14.6. The average Bonchev–Trinajstić information content (AvgIpc) is 3.08. The molecule has 1 aromatic rings. The van der Waals surface area contributed by atoms with E-state index in [1.165, 1.54) is 0 Å². The summed E-state index contributed by atoms with van der Waals surface area (Å²) in [6, 6.07) is 9.64. The molecule has 2 saturated heterocycles. The zero-order valence-electron chi connectivity index (χ0n) is 14.6. The standard InChI is InChI=1S/C18H26N4O3/c1-14-13-16(20-19-14)18(24)22-10-8-21(9-11-22)17(23)7-12-25-15-5-3-2-4-6-15/h2-6,14,16,19-20H,7-13H2,1H3. The Kier molecular flexibility index (Phi) is 5.88. The Morgan fingerprint density at radius 1 is 1.08 bits per heavy atom. The molecule has 0 saturated carbocycles. The molecule has 7 heteroatoms. The number of piperazine rings is 1. The summed E-state index contributed by atoms with van der Waals surface area (Å²) in [5.41, 5.74) is 6.12. The molecule has 0 spiro atoms. The van der Waals surface area contributed by atoms with Gasteiger partial charge >= 0.3 is 0 Å². The fourth-order valence-corrected chi connectivity index (χ4v) is 3.20. The highest BCUT2D eigenvalue weighted by molar-refractivity contribution is 5.83. The van der Waals surface area contributed by atoms with Gasteiger partial charge in [0.2, 0.25) is 11.8 Å². The summed E-state index contributed by atoms with van der Waals surface area (Å²) in [5.74, 6) is 0.978. The molecule has 2 atom stereocenters. The summed E-state index contributed by atoms with van der Waals surface area (Å²) in [6.45, 7) is 4.79. The molecule has 0 aromatic heterocycles. The smallest absolute Gasteiger partial charge is 0.241 e. The molecule has 0 aliphatic carbocycles. The van der Waals surface area contributed by atoms with Crippen molar-refractivity contribution in [1.82, 2.24) is 20.7 Å². The van der Waals surface area contributed by atoms with Gasteiger partial charge in [0.15, 0.2) is 0 Å². The molecule has 0 bridgehead atoms. The van der Waals surface area contributed by atoms with Crippen LogP contribution >= 0.6 is 0 Å². The highest BCUT2D eigenvalue weighted by atomic mass is 16.5. The largest absolute Gasteiger partial charge is 0.493 e. The van der Waals surface area contributed by atoms with Crippen LogP contribution in [0.4, 0.5) is 0 Å². The number of carbonyl (C=O) groups excluding carboxylic acids is 2. The SMILES string of the molecule is CC1CC(C(=O)N2CCN(C(=O)CCOc3ccccc3)CC2)NN1. The summed E-state index contributed by atoms with van der Waals surface area (Å²) >= 11 is 0. The number of carbonyl (C=O) groups is 2. The van der Waals surface area contributed by atoms with E-state index in [-0.39, 0.29) is 17.9 Å². The molecule has 3 rings (SSSR count). The van der Waals surface area contributed by atoms with E-state index in [0.29, 0.717) is 45.2 Å². The number of amides is 2. The summed E-state index contributed by atoms with van der Waals surface area (Å²) in [7, 11) is 0. The molecular weight excluding hydrogens is 320 g/mol. The molecule has 2 aliphatic rings. The maximum Gasteiger partial charge on any atom is 0.241 e. The van der Waals surface area contributed by atoms with Crippen LogP contribution in [0.2, 0.25) is 0 Å². The number of para-hydroxylation sites is 1. The number of hydrogen-bond donors (Lipinski definition) is 2. The van der Waals surface area contributed by atoms with Crippen molar-refractivity contribution in [2.24, 2.45) is 0 Å². The van der Waals surface area contributed by atoms with Gasteiger partial charge in [-0.3, -0.25) is 15.0 Å². The molecule has 2 unspecified atom stereocenters. The predicted octanol–water partition coefficient (Wildman–Crippen LogP) is 0.381. The quantitative estimate of drug-likeness (QED) is 0.806. The van der Waals surface area contributed by atoms with Crippen molar-refractivity contribution in [3.05, 3.63) is 30.3 Å². The minimum atomic E-state index is -0.156. The Morgan fingerprint density at radius 2 is 1.76 bits per heavy atom. The Labute approximate surface area is 148 Å². The lowest BCUT2D eigenvalue weighted by atomic mass is 10.1. The van der Waals surface area contributed by atoms with E-state index in [1.807, 2.05) is 40.1 Å². The minimum Gasteiger partial charge on any atom is -0.493 e. The van der Waals surface area contributed by atoms with Crippen LogP contribution in [0, 0.1) is 0 Å². The maximum atomic E-state index is 12.5. The topological polar surface area (TPSA) is 73.9 Å². The van der Waals surface area contributed by atoms with Crippen LogP contribution in [-0.2, 0) is 9.59 Å². The van der Waals surface area contributed by atoms with Crippen LogP contribution in [0.15, 0.2) is 30.3 Å². The normalized spacial score (nSPS) is 23.6. The number of hydrogen-bond acceptors (Lipinski definition) is 5. The fraction of sp³-hybridized carbons (Fsp3) is 0.556. The molecule has 2 amide bonds. The number of nitrogens with one attached hydrogen (secondary N) is 2. The molecule has 136 valence electrons. The van der Waals surface area contributed by atoms with Crippen molar-refractivity contribution >= 4 is 11.8 Å². The van der Waals surface area contributed by atoms with Crippen molar-refractivity contribution in [3.8, 4) is 5.75 Å². The highest BCUT2D eigenvalue weighted by Crippen LogP contribution is 2.12. The van der Waals surface area contributed by atoms with E-state index in [4.69, 9.17) is 4.74 Å². The van der Waals surface area contributed by atoms with Crippen molar-refractivity contribution in [1.29, 1.82) is 0 Å². The summed E-state index contributed by atoms with van der Waals surface area (Å²) < 4.78 is 5.58. The van der Waals surface area contributed by atoms with Crippen LogP contribution in [0.25, 0.3) is 0 Å². The maximum absolute atomic E-state index is 12.5. The van der Waals surface area contributed by atoms with Crippen molar-refractivity contribution in [2.75, 3.05) is 32.8 Å².